The molecule has 1 aliphatic rings. The first-order valence-electron chi connectivity index (χ1n) is 4.98. The monoisotopic (exact) mass is 213 g/mol. The van der Waals surface area contributed by atoms with E-state index in [0.29, 0.717) is 11.8 Å². The summed E-state index contributed by atoms with van der Waals surface area (Å²) < 4.78 is 30.9. The Hall–Kier alpha value is -1.16. The Labute approximate surface area is 87.2 Å². The molecule has 1 fully saturated rings. The molecule has 1 aromatic carbocycles. The fourth-order valence-corrected chi connectivity index (χ4v) is 1.64. The summed E-state index contributed by atoms with van der Waals surface area (Å²) in [6, 6.07) is 4.10. The lowest BCUT2D eigenvalue weighted by molar-refractivity contribution is 0.0880. The maximum absolute atomic E-state index is 12.8. The predicted molar refractivity (Wildman–Crippen MR) is 52.9 cm³/mol. The molecule has 1 N–H and O–H groups in total. The molecule has 82 valence electrons. The van der Waals surface area contributed by atoms with E-state index in [-0.39, 0.29) is 6.10 Å². The van der Waals surface area contributed by atoms with Gasteiger partial charge in [0.15, 0.2) is 11.6 Å². The van der Waals surface area contributed by atoms with Gasteiger partial charge in [-0.2, -0.15) is 0 Å². The SMILES string of the molecule is CNC1CC(Oc2ccc(F)c(F)c2)C1. The molecule has 0 aliphatic heterocycles. The van der Waals surface area contributed by atoms with Crippen molar-refractivity contribution in [1.82, 2.24) is 5.32 Å². The third kappa shape index (κ3) is 2.26. The van der Waals surface area contributed by atoms with Gasteiger partial charge in [0.1, 0.15) is 11.9 Å². The highest BCUT2D eigenvalue weighted by Gasteiger charge is 2.29. The fraction of sp³-hybridized carbons (Fsp3) is 0.455. The largest absolute Gasteiger partial charge is 0.490 e. The molecule has 2 rings (SSSR count). The zero-order valence-electron chi connectivity index (χ0n) is 8.47. The molecule has 0 bridgehead atoms. The fourth-order valence-electron chi connectivity index (χ4n) is 1.64. The molecule has 0 unspecified atom stereocenters. The number of nitrogens with one attached hydrogen (secondary N) is 1. The van der Waals surface area contributed by atoms with Crippen molar-refractivity contribution in [1.29, 1.82) is 0 Å². The van der Waals surface area contributed by atoms with Crippen molar-refractivity contribution < 1.29 is 13.5 Å². The normalized spacial score (nSPS) is 24.7. The van der Waals surface area contributed by atoms with Crippen LogP contribution in [0.1, 0.15) is 12.8 Å². The molecule has 0 radical (unpaired) electrons. The first kappa shape index (κ1) is 10.4. The zero-order valence-corrected chi connectivity index (χ0v) is 8.47. The minimum atomic E-state index is -0.864. The van der Waals surface area contributed by atoms with Crippen molar-refractivity contribution in [2.45, 2.75) is 25.0 Å². The van der Waals surface area contributed by atoms with Gasteiger partial charge in [-0.1, -0.05) is 0 Å². The Morgan fingerprint density at radius 2 is 2.00 bits per heavy atom. The van der Waals surface area contributed by atoms with Gasteiger partial charge in [0, 0.05) is 12.1 Å². The summed E-state index contributed by atoms with van der Waals surface area (Å²) in [5.41, 5.74) is 0. The molecular formula is C11H13F2NO. The van der Waals surface area contributed by atoms with E-state index in [9.17, 15) is 8.78 Å². The number of rotatable bonds is 3. The van der Waals surface area contributed by atoms with Crippen LogP contribution in [0.5, 0.6) is 5.75 Å². The van der Waals surface area contributed by atoms with Crippen LogP contribution in [0.15, 0.2) is 18.2 Å². The maximum atomic E-state index is 12.8. The summed E-state index contributed by atoms with van der Waals surface area (Å²) in [6.07, 6.45) is 1.94. The van der Waals surface area contributed by atoms with Crippen LogP contribution < -0.4 is 10.1 Å². The highest BCUT2D eigenvalue weighted by molar-refractivity contribution is 5.24. The van der Waals surface area contributed by atoms with Crippen molar-refractivity contribution in [2.24, 2.45) is 0 Å². The summed E-state index contributed by atoms with van der Waals surface area (Å²) in [7, 11) is 1.90. The van der Waals surface area contributed by atoms with Gasteiger partial charge in [-0.15, -0.1) is 0 Å². The highest BCUT2D eigenvalue weighted by Crippen LogP contribution is 2.26. The van der Waals surface area contributed by atoms with E-state index in [1.54, 1.807) is 0 Å². The first-order valence-corrected chi connectivity index (χ1v) is 4.98. The third-order valence-electron chi connectivity index (χ3n) is 2.70. The average molecular weight is 213 g/mol. The Kier molecular flexibility index (Phi) is 2.86. The van der Waals surface area contributed by atoms with Crippen LogP contribution in [0.25, 0.3) is 0 Å². The molecule has 0 spiro atoms. The summed E-state index contributed by atoms with van der Waals surface area (Å²) >= 11 is 0. The van der Waals surface area contributed by atoms with Gasteiger partial charge < -0.3 is 10.1 Å². The number of benzene rings is 1. The van der Waals surface area contributed by atoms with Gasteiger partial charge in [-0.05, 0) is 32.0 Å². The second-order valence-electron chi connectivity index (χ2n) is 3.77. The summed E-state index contributed by atoms with van der Waals surface area (Å²) in [4.78, 5) is 0. The number of halogens is 2. The number of hydrogen-bond donors (Lipinski definition) is 1. The van der Waals surface area contributed by atoms with Gasteiger partial charge in [0.2, 0.25) is 0 Å². The van der Waals surface area contributed by atoms with E-state index in [1.165, 1.54) is 6.07 Å². The van der Waals surface area contributed by atoms with Crippen LogP contribution in [0.2, 0.25) is 0 Å². The second kappa shape index (κ2) is 4.14. The Morgan fingerprint density at radius 3 is 2.60 bits per heavy atom. The van der Waals surface area contributed by atoms with Crippen LogP contribution in [0.3, 0.4) is 0 Å². The van der Waals surface area contributed by atoms with Crippen molar-refractivity contribution >= 4 is 0 Å². The van der Waals surface area contributed by atoms with Crippen molar-refractivity contribution in [2.75, 3.05) is 7.05 Å². The molecule has 2 nitrogen and oxygen atoms in total. The lowest BCUT2D eigenvalue weighted by atomic mass is 9.89. The van der Waals surface area contributed by atoms with Gasteiger partial charge in [0.25, 0.3) is 0 Å². The van der Waals surface area contributed by atoms with E-state index in [0.717, 1.165) is 25.0 Å². The maximum Gasteiger partial charge on any atom is 0.162 e. The van der Waals surface area contributed by atoms with Crippen LogP contribution >= 0.6 is 0 Å². The van der Waals surface area contributed by atoms with Crippen LogP contribution in [0, 0.1) is 11.6 Å². The van der Waals surface area contributed by atoms with Crippen LogP contribution in [-0.2, 0) is 0 Å². The van der Waals surface area contributed by atoms with Crippen molar-refractivity contribution in [3.63, 3.8) is 0 Å². The Bertz CT molecular complexity index is 350. The zero-order chi connectivity index (χ0) is 10.8. The van der Waals surface area contributed by atoms with E-state index < -0.39 is 11.6 Å². The van der Waals surface area contributed by atoms with Crippen LogP contribution in [0.4, 0.5) is 8.78 Å². The van der Waals surface area contributed by atoms with E-state index in [2.05, 4.69) is 5.32 Å². The molecule has 15 heavy (non-hydrogen) atoms. The van der Waals surface area contributed by atoms with Gasteiger partial charge in [0.05, 0.1) is 0 Å². The summed E-state index contributed by atoms with van der Waals surface area (Å²) in [5.74, 6) is -1.31. The van der Waals surface area contributed by atoms with Gasteiger partial charge in [-0.3, -0.25) is 0 Å². The van der Waals surface area contributed by atoms with Crippen LogP contribution in [-0.4, -0.2) is 19.2 Å². The van der Waals surface area contributed by atoms with E-state index in [1.807, 2.05) is 7.05 Å². The second-order valence-corrected chi connectivity index (χ2v) is 3.77. The van der Waals surface area contributed by atoms with E-state index in [4.69, 9.17) is 4.74 Å². The Morgan fingerprint density at radius 1 is 1.27 bits per heavy atom. The van der Waals surface area contributed by atoms with E-state index >= 15 is 0 Å². The van der Waals surface area contributed by atoms with Gasteiger partial charge in [-0.25, -0.2) is 8.78 Å². The average Bonchev–Trinajstić information content (AvgIpc) is 2.16. The topological polar surface area (TPSA) is 21.3 Å². The first-order chi connectivity index (χ1) is 7.19. The predicted octanol–water partition coefficient (Wildman–Crippen LogP) is 2.09. The number of ether oxygens (including phenoxy) is 1. The molecular weight excluding hydrogens is 200 g/mol. The molecule has 4 heteroatoms. The standard InChI is InChI=1S/C11H13F2NO/c1-14-7-4-9(5-7)15-8-2-3-10(12)11(13)6-8/h2-3,6-7,9,14H,4-5H2,1H3. The third-order valence-corrected chi connectivity index (χ3v) is 2.70. The molecule has 1 aliphatic carbocycles. The lowest BCUT2D eigenvalue weighted by Gasteiger charge is -2.35. The molecule has 1 aromatic rings. The molecule has 0 atom stereocenters. The quantitative estimate of drug-likeness (QED) is 0.830. The molecule has 0 aromatic heterocycles. The molecule has 0 saturated heterocycles. The minimum absolute atomic E-state index is 0.118. The number of hydrogen-bond acceptors (Lipinski definition) is 2. The van der Waals surface area contributed by atoms with Gasteiger partial charge >= 0.3 is 0 Å². The Balaban J connectivity index is 1.92. The highest BCUT2D eigenvalue weighted by atomic mass is 19.2. The van der Waals surface area contributed by atoms with Crippen molar-refractivity contribution in [3.8, 4) is 5.75 Å². The molecule has 0 amide bonds. The molecule has 0 heterocycles. The minimum Gasteiger partial charge on any atom is -0.490 e. The smallest absolute Gasteiger partial charge is 0.162 e. The summed E-state index contributed by atoms with van der Waals surface area (Å²) in [6.45, 7) is 0. The molecule has 1 saturated carbocycles. The summed E-state index contributed by atoms with van der Waals surface area (Å²) in [5, 5.41) is 3.12. The lowest BCUT2D eigenvalue weighted by Crippen LogP contribution is -2.45. The van der Waals surface area contributed by atoms with Crippen molar-refractivity contribution in [3.05, 3.63) is 29.8 Å².